The molecular formula is C19H24. The van der Waals surface area contributed by atoms with Gasteiger partial charge >= 0.3 is 0 Å². The van der Waals surface area contributed by atoms with Crippen LogP contribution in [0.4, 0.5) is 0 Å². The summed E-state index contributed by atoms with van der Waals surface area (Å²) < 4.78 is 0. The fraction of sp³-hybridized carbons (Fsp3) is 0.368. The summed E-state index contributed by atoms with van der Waals surface area (Å²) in [5.41, 5.74) is 3.22. The Bertz CT molecular complexity index is 442. The van der Waals surface area contributed by atoms with E-state index in [1.165, 1.54) is 24.0 Å². The molecule has 0 fully saturated rings. The summed E-state index contributed by atoms with van der Waals surface area (Å²) in [4.78, 5) is 0. The monoisotopic (exact) mass is 252 g/mol. The molecule has 0 atom stereocenters. The standard InChI is InChI=1S/C19H24/c1-4-19(2,3)15-18(16-11-7-5-8-12-16)17-13-9-6-10-14-17/h5-14,18H,4,15H2,1-3H3. The number of rotatable bonds is 5. The van der Waals surface area contributed by atoms with Gasteiger partial charge in [0.2, 0.25) is 0 Å². The van der Waals surface area contributed by atoms with Gasteiger partial charge in [0.15, 0.2) is 0 Å². The topological polar surface area (TPSA) is 0 Å². The smallest absolute Gasteiger partial charge is 0.00944 e. The fourth-order valence-electron chi connectivity index (χ4n) is 2.50. The first-order valence-corrected chi connectivity index (χ1v) is 7.22. The molecule has 0 nitrogen and oxygen atoms in total. The van der Waals surface area contributed by atoms with E-state index in [4.69, 9.17) is 0 Å². The molecule has 0 aliphatic rings. The van der Waals surface area contributed by atoms with Gasteiger partial charge < -0.3 is 0 Å². The van der Waals surface area contributed by atoms with Gasteiger partial charge in [0.25, 0.3) is 0 Å². The zero-order valence-corrected chi connectivity index (χ0v) is 12.3. The van der Waals surface area contributed by atoms with Crippen LogP contribution in [0.2, 0.25) is 0 Å². The van der Waals surface area contributed by atoms with E-state index in [0.717, 1.165) is 0 Å². The lowest BCUT2D eigenvalue weighted by molar-refractivity contribution is 0.306. The Morgan fingerprint density at radius 3 is 1.58 bits per heavy atom. The van der Waals surface area contributed by atoms with E-state index >= 15 is 0 Å². The van der Waals surface area contributed by atoms with E-state index in [-0.39, 0.29) is 0 Å². The molecule has 0 saturated heterocycles. The van der Waals surface area contributed by atoms with Crippen molar-refractivity contribution in [3.8, 4) is 0 Å². The first-order valence-electron chi connectivity index (χ1n) is 7.22. The number of hydrogen-bond donors (Lipinski definition) is 0. The Balaban J connectivity index is 2.35. The average Bonchev–Trinajstić information content (AvgIpc) is 2.47. The summed E-state index contributed by atoms with van der Waals surface area (Å²) in [6.45, 7) is 7.02. The van der Waals surface area contributed by atoms with Gasteiger partial charge in [-0.3, -0.25) is 0 Å². The lowest BCUT2D eigenvalue weighted by Gasteiger charge is -2.29. The molecule has 2 rings (SSSR count). The van der Waals surface area contributed by atoms with Crippen LogP contribution in [-0.2, 0) is 0 Å². The largest absolute Gasteiger partial charge is 0.0649 e. The lowest BCUT2D eigenvalue weighted by atomic mass is 9.75. The maximum atomic E-state index is 2.37. The lowest BCUT2D eigenvalue weighted by Crippen LogP contribution is -2.16. The van der Waals surface area contributed by atoms with Gasteiger partial charge in [-0.2, -0.15) is 0 Å². The van der Waals surface area contributed by atoms with Crippen molar-refractivity contribution in [3.05, 3.63) is 71.8 Å². The highest BCUT2D eigenvalue weighted by atomic mass is 14.3. The van der Waals surface area contributed by atoms with Gasteiger partial charge in [-0.05, 0) is 23.0 Å². The minimum absolute atomic E-state index is 0.371. The van der Waals surface area contributed by atoms with E-state index in [9.17, 15) is 0 Å². The summed E-state index contributed by atoms with van der Waals surface area (Å²) in [7, 11) is 0. The fourth-order valence-corrected chi connectivity index (χ4v) is 2.50. The minimum atomic E-state index is 0.371. The molecule has 19 heavy (non-hydrogen) atoms. The normalized spacial score (nSPS) is 11.8. The molecule has 0 aromatic heterocycles. The highest BCUT2D eigenvalue weighted by Crippen LogP contribution is 2.38. The third-order valence-electron chi connectivity index (χ3n) is 4.12. The number of hydrogen-bond acceptors (Lipinski definition) is 0. The third-order valence-corrected chi connectivity index (χ3v) is 4.12. The SMILES string of the molecule is CCC(C)(C)CC(c1ccccc1)c1ccccc1. The van der Waals surface area contributed by atoms with Gasteiger partial charge in [0, 0.05) is 5.92 Å². The van der Waals surface area contributed by atoms with E-state index in [2.05, 4.69) is 81.4 Å². The molecule has 0 spiro atoms. The zero-order chi connectivity index (χ0) is 13.7. The number of benzene rings is 2. The highest BCUT2D eigenvalue weighted by molar-refractivity contribution is 5.32. The van der Waals surface area contributed by atoms with Crippen LogP contribution in [0.15, 0.2) is 60.7 Å². The van der Waals surface area contributed by atoms with Gasteiger partial charge in [0.1, 0.15) is 0 Å². The second-order valence-electron chi connectivity index (χ2n) is 6.10. The van der Waals surface area contributed by atoms with Crippen LogP contribution in [0.5, 0.6) is 0 Å². The van der Waals surface area contributed by atoms with Crippen LogP contribution >= 0.6 is 0 Å². The third kappa shape index (κ3) is 3.70. The molecule has 100 valence electrons. The second-order valence-corrected chi connectivity index (χ2v) is 6.10. The van der Waals surface area contributed by atoms with Crippen LogP contribution in [0.3, 0.4) is 0 Å². The van der Waals surface area contributed by atoms with Crippen LogP contribution in [-0.4, -0.2) is 0 Å². The van der Waals surface area contributed by atoms with Crippen molar-refractivity contribution in [1.29, 1.82) is 0 Å². The highest BCUT2D eigenvalue weighted by Gasteiger charge is 2.23. The Morgan fingerprint density at radius 2 is 1.21 bits per heavy atom. The van der Waals surface area contributed by atoms with Crippen molar-refractivity contribution in [2.45, 2.75) is 39.5 Å². The van der Waals surface area contributed by atoms with Crippen molar-refractivity contribution < 1.29 is 0 Å². The Morgan fingerprint density at radius 1 is 0.789 bits per heavy atom. The quantitative estimate of drug-likeness (QED) is 0.645. The van der Waals surface area contributed by atoms with Crippen molar-refractivity contribution in [2.75, 3.05) is 0 Å². The molecule has 0 heteroatoms. The predicted octanol–water partition coefficient (Wildman–Crippen LogP) is 5.64. The van der Waals surface area contributed by atoms with Crippen molar-refractivity contribution >= 4 is 0 Å². The van der Waals surface area contributed by atoms with E-state index in [0.29, 0.717) is 11.3 Å². The van der Waals surface area contributed by atoms with Gasteiger partial charge in [-0.15, -0.1) is 0 Å². The molecule has 0 unspecified atom stereocenters. The maximum Gasteiger partial charge on any atom is 0.00944 e. The summed E-state index contributed by atoms with van der Waals surface area (Å²) >= 11 is 0. The molecule has 0 radical (unpaired) electrons. The molecule has 0 saturated carbocycles. The molecule has 0 heterocycles. The van der Waals surface area contributed by atoms with Crippen LogP contribution in [0, 0.1) is 5.41 Å². The van der Waals surface area contributed by atoms with Crippen molar-refractivity contribution in [3.63, 3.8) is 0 Å². The molecular weight excluding hydrogens is 228 g/mol. The van der Waals surface area contributed by atoms with Gasteiger partial charge in [-0.1, -0.05) is 87.9 Å². The van der Waals surface area contributed by atoms with Gasteiger partial charge in [0.05, 0.1) is 0 Å². The van der Waals surface area contributed by atoms with E-state index in [1.807, 2.05) is 0 Å². The molecule has 2 aromatic rings. The first-order chi connectivity index (χ1) is 9.12. The Labute approximate surface area is 117 Å². The van der Waals surface area contributed by atoms with Crippen LogP contribution in [0.1, 0.15) is 50.7 Å². The van der Waals surface area contributed by atoms with Crippen LogP contribution < -0.4 is 0 Å². The molecule has 0 aliphatic heterocycles. The Hall–Kier alpha value is -1.56. The van der Waals surface area contributed by atoms with E-state index in [1.54, 1.807) is 0 Å². The zero-order valence-electron chi connectivity index (χ0n) is 12.3. The maximum absolute atomic E-state index is 2.37. The van der Waals surface area contributed by atoms with Crippen LogP contribution in [0.25, 0.3) is 0 Å². The summed E-state index contributed by atoms with van der Waals surface area (Å²) in [5, 5.41) is 0. The summed E-state index contributed by atoms with van der Waals surface area (Å²) in [5.74, 6) is 0.498. The molecule has 0 bridgehead atoms. The predicted molar refractivity (Wildman–Crippen MR) is 83.4 cm³/mol. The summed E-state index contributed by atoms with van der Waals surface area (Å²) in [6.07, 6.45) is 2.40. The summed E-state index contributed by atoms with van der Waals surface area (Å²) in [6, 6.07) is 21.8. The molecule has 2 aromatic carbocycles. The minimum Gasteiger partial charge on any atom is -0.0649 e. The Kier molecular flexibility index (Phi) is 4.42. The van der Waals surface area contributed by atoms with E-state index < -0.39 is 0 Å². The molecule has 0 amide bonds. The average molecular weight is 252 g/mol. The molecule has 0 N–H and O–H groups in total. The molecule has 0 aliphatic carbocycles. The van der Waals surface area contributed by atoms with Crippen molar-refractivity contribution in [2.24, 2.45) is 5.41 Å². The van der Waals surface area contributed by atoms with Crippen molar-refractivity contribution in [1.82, 2.24) is 0 Å². The van der Waals surface area contributed by atoms with Gasteiger partial charge in [-0.25, -0.2) is 0 Å². The second kappa shape index (κ2) is 6.06. The first kappa shape index (κ1) is 13.9.